The third-order valence-electron chi connectivity index (χ3n) is 3.18. The minimum atomic E-state index is -0.00658. The molecule has 1 fully saturated rings. The summed E-state index contributed by atoms with van der Waals surface area (Å²) in [5, 5.41) is 23.1. The van der Waals surface area contributed by atoms with Gasteiger partial charge in [-0.25, -0.2) is 0 Å². The lowest BCUT2D eigenvalue weighted by atomic mass is 10.0. The van der Waals surface area contributed by atoms with Crippen LogP contribution in [0.4, 0.5) is 0 Å². The molecule has 6 nitrogen and oxygen atoms in total. The molecule has 1 aromatic carbocycles. The number of ether oxygens (including phenoxy) is 1. The van der Waals surface area contributed by atoms with Crippen molar-refractivity contribution in [1.82, 2.24) is 10.1 Å². The Balaban J connectivity index is 1.89. The predicted molar refractivity (Wildman–Crippen MR) is 65.9 cm³/mol. The van der Waals surface area contributed by atoms with Crippen molar-refractivity contribution in [2.75, 3.05) is 13.2 Å². The van der Waals surface area contributed by atoms with Crippen molar-refractivity contribution >= 4 is 0 Å². The lowest BCUT2D eigenvalue weighted by Gasteiger charge is -2.18. The molecule has 6 heteroatoms. The topological polar surface area (TPSA) is 88.6 Å². The first-order valence-electron chi connectivity index (χ1n) is 6.18. The average molecular weight is 262 g/mol. The second-order valence-electron chi connectivity index (χ2n) is 4.57. The van der Waals surface area contributed by atoms with Crippen LogP contribution in [0.5, 0.6) is 11.5 Å². The highest BCUT2D eigenvalue weighted by atomic mass is 16.5. The summed E-state index contributed by atoms with van der Waals surface area (Å²) in [6.45, 7) is 1.36. The highest BCUT2D eigenvalue weighted by Crippen LogP contribution is 2.32. The smallest absolute Gasteiger partial charge is 0.261 e. The van der Waals surface area contributed by atoms with Crippen LogP contribution in [0.1, 0.15) is 24.6 Å². The molecule has 1 saturated heterocycles. The van der Waals surface area contributed by atoms with Crippen molar-refractivity contribution in [2.24, 2.45) is 0 Å². The first-order chi connectivity index (χ1) is 9.24. The molecule has 0 spiro atoms. The SMILES string of the molecule is Oc1ccc(O)c(-c2nc(C3CCCOC3)no2)c1. The second kappa shape index (κ2) is 4.89. The van der Waals surface area contributed by atoms with E-state index in [1.54, 1.807) is 0 Å². The average Bonchev–Trinajstić information content (AvgIpc) is 2.92. The first kappa shape index (κ1) is 12.0. The fourth-order valence-corrected chi connectivity index (χ4v) is 2.15. The maximum Gasteiger partial charge on any atom is 0.261 e. The quantitative estimate of drug-likeness (QED) is 0.805. The molecule has 1 aliphatic heterocycles. The molecule has 1 aromatic heterocycles. The van der Waals surface area contributed by atoms with Gasteiger partial charge in [0, 0.05) is 12.5 Å². The van der Waals surface area contributed by atoms with Gasteiger partial charge in [0.15, 0.2) is 5.82 Å². The molecule has 0 bridgehead atoms. The van der Waals surface area contributed by atoms with Crippen molar-refractivity contribution in [2.45, 2.75) is 18.8 Å². The van der Waals surface area contributed by atoms with E-state index in [2.05, 4.69) is 10.1 Å². The molecule has 100 valence electrons. The third-order valence-corrected chi connectivity index (χ3v) is 3.18. The molecular weight excluding hydrogens is 248 g/mol. The highest BCUT2D eigenvalue weighted by Gasteiger charge is 2.22. The summed E-state index contributed by atoms with van der Waals surface area (Å²) in [4.78, 5) is 4.28. The fraction of sp³-hybridized carbons (Fsp3) is 0.385. The molecule has 1 atom stereocenters. The van der Waals surface area contributed by atoms with Crippen LogP contribution in [0.3, 0.4) is 0 Å². The van der Waals surface area contributed by atoms with Crippen molar-refractivity contribution < 1.29 is 19.5 Å². The largest absolute Gasteiger partial charge is 0.508 e. The molecular formula is C13H14N2O4. The summed E-state index contributed by atoms with van der Waals surface area (Å²) in [5.41, 5.74) is 0.329. The van der Waals surface area contributed by atoms with Gasteiger partial charge in [0.2, 0.25) is 0 Å². The number of aromatic nitrogens is 2. The maximum atomic E-state index is 9.74. The van der Waals surface area contributed by atoms with Crippen molar-refractivity contribution in [3.63, 3.8) is 0 Å². The second-order valence-corrected chi connectivity index (χ2v) is 4.57. The Morgan fingerprint density at radius 2 is 2.16 bits per heavy atom. The van der Waals surface area contributed by atoms with Crippen LogP contribution < -0.4 is 0 Å². The van der Waals surface area contributed by atoms with Gasteiger partial charge in [0.05, 0.1) is 12.2 Å². The van der Waals surface area contributed by atoms with Gasteiger partial charge >= 0.3 is 0 Å². The highest BCUT2D eigenvalue weighted by molar-refractivity contribution is 5.64. The Hall–Kier alpha value is -2.08. The summed E-state index contributed by atoms with van der Waals surface area (Å²) in [6, 6.07) is 4.17. The number of phenols is 2. The van der Waals surface area contributed by atoms with Gasteiger partial charge in [-0.1, -0.05) is 5.16 Å². The van der Waals surface area contributed by atoms with Crippen molar-refractivity contribution in [1.29, 1.82) is 0 Å². The van der Waals surface area contributed by atoms with Gasteiger partial charge in [-0.2, -0.15) is 4.98 Å². The molecule has 2 N–H and O–H groups in total. The van der Waals surface area contributed by atoms with E-state index in [0.717, 1.165) is 19.4 Å². The molecule has 0 radical (unpaired) electrons. The zero-order valence-electron chi connectivity index (χ0n) is 10.2. The van der Waals surface area contributed by atoms with Crippen LogP contribution in [0.25, 0.3) is 11.5 Å². The van der Waals surface area contributed by atoms with E-state index >= 15 is 0 Å². The molecule has 1 aliphatic rings. The van der Waals surface area contributed by atoms with Gasteiger partial charge in [0.1, 0.15) is 11.5 Å². The van der Waals surface area contributed by atoms with E-state index in [0.29, 0.717) is 18.0 Å². The lowest BCUT2D eigenvalue weighted by Crippen LogP contribution is -2.16. The number of hydrogen-bond donors (Lipinski definition) is 2. The van der Waals surface area contributed by atoms with E-state index in [4.69, 9.17) is 9.26 Å². The normalized spacial score (nSPS) is 19.5. The van der Waals surface area contributed by atoms with E-state index in [1.165, 1.54) is 18.2 Å². The first-order valence-corrected chi connectivity index (χ1v) is 6.18. The van der Waals surface area contributed by atoms with Gasteiger partial charge in [-0.3, -0.25) is 0 Å². The zero-order chi connectivity index (χ0) is 13.2. The van der Waals surface area contributed by atoms with Crippen LogP contribution in [0, 0.1) is 0 Å². The minimum absolute atomic E-state index is 0.00658. The Bertz CT molecular complexity index is 576. The van der Waals surface area contributed by atoms with Gasteiger partial charge in [0.25, 0.3) is 5.89 Å². The number of hydrogen-bond acceptors (Lipinski definition) is 6. The molecule has 0 saturated carbocycles. The number of phenolic OH excluding ortho intramolecular Hbond substituents is 2. The summed E-state index contributed by atoms with van der Waals surface area (Å²) < 4.78 is 10.5. The lowest BCUT2D eigenvalue weighted by molar-refractivity contribution is 0.0773. The number of rotatable bonds is 2. The number of benzene rings is 1. The van der Waals surface area contributed by atoms with Crippen molar-refractivity contribution in [3.05, 3.63) is 24.0 Å². The Labute approximate surface area is 109 Å². The molecule has 0 aliphatic carbocycles. The van der Waals surface area contributed by atoms with Crippen LogP contribution in [0.15, 0.2) is 22.7 Å². The minimum Gasteiger partial charge on any atom is -0.508 e. The summed E-state index contributed by atoms with van der Waals surface area (Å²) in [5.74, 6) is 0.943. The van der Waals surface area contributed by atoms with Crippen LogP contribution in [-0.2, 0) is 4.74 Å². The summed E-state index contributed by atoms with van der Waals surface area (Å²) in [6.07, 6.45) is 1.94. The molecule has 19 heavy (non-hydrogen) atoms. The fourth-order valence-electron chi connectivity index (χ4n) is 2.15. The van der Waals surface area contributed by atoms with Gasteiger partial charge in [-0.15, -0.1) is 0 Å². The van der Waals surface area contributed by atoms with Crippen LogP contribution >= 0.6 is 0 Å². The van der Waals surface area contributed by atoms with E-state index < -0.39 is 0 Å². The van der Waals surface area contributed by atoms with E-state index in [9.17, 15) is 10.2 Å². The molecule has 0 amide bonds. The molecule has 2 heterocycles. The van der Waals surface area contributed by atoms with E-state index in [-0.39, 0.29) is 23.3 Å². The standard InChI is InChI=1S/C13H14N2O4/c16-9-3-4-11(17)10(6-9)13-14-12(15-19-13)8-2-1-5-18-7-8/h3-4,6,8,16-17H,1-2,5,7H2. The molecule has 1 unspecified atom stereocenters. The van der Waals surface area contributed by atoms with Gasteiger partial charge in [-0.05, 0) is 31.0 Å². The van der Waals surface area contributed by atoms with Crippen LogP contribution in [0.2, 0.25) is 0 Å². The zero-order valence-corrected chi connectivity index (χ0v) is 10.2. The Kier molecular flexibility index (Phi) is 3.08. The Morgan fingerprint density at radius 1 is 1.26 bits per heavy atom. The monoisotopic (exact) mass is 262 g/mol. The number of nitrogens with zero attached hydrogens (tertiary/aromatic N) is 2. The molecule has 3 rings (SSSR count). The van der Waals surface area contributed by atoms with Crippen molar-refractivity contribution in [3.8, 4) is 23.0 Å². The predicted octanol–water partition coefficient (Wildman–Crippen LogP) is 2.04. The summed E-state index contributed by atoms with van der Waals surface area (Å²) in [7, 11) is 0. The number of aromatic hydroxyl groups is 2. The van der Waals surface area contributed by atoms with Gasteiger partial charge < -0.3 is 19.5 Å². The molecule has 2 aromatic rings. The Morgan fingerprint density at radius 3 is 2.95 bits per heavy atom. The summed E-state index contributed by atoms with van der Waals surface area (Å²) >= 11 is 0. The maximum absolute atomic E-state index is 9.74. The van der Waals surface area contributed by atoms with Crippen LogP contribution in [-0.4, -0.2) is 33.6 Å². The third kappa shape index (κ3) is 2.39. The van der Waals surface area contributed by atoms with E-state index in [1.807, 2.05) is 0 Å².